The molecule has 1 aromatic carbocycles. The fourth-order valence-electron chi connectivity index (χ4n) is 1.19. The Morgan fingerprint density at radius 2 is 1.88 bits per heavy atom. The van der Waals surface area contributed by atoms with Crippen molar-refractivity contribution in [3.63, 3.8) is 0 Å². The molecule has 16 heavy (non-hydrogen) atoms. The van der Waals surface area contributed by atoms with Gasteiger partial charge in [0.05, 0.1) is 6.61 Å². The fraction of sp³-hybridized carbons (Fsp3) is 0.455. The predicted molar refractivity (Wildman–Crippen MR) is 63.0 cm³/mol. The second-order valence-electron chi connectivity index (χ2n) is 3.48. The summed E-state index contributed by atoms with van der Waals surface area (Å²) in [4.78, 5) is 8.86. The Hall–Kier alpha value is -0.830. The molecule has 1 N–H and O–H groups in total. The Bertz CT molecular complexity index is 355. The van der Waals surface area contributed by atoms with Gasteiger partial charge < -0.3 is 14.2 Å². The zero-order valence-corrected chi connectivity index (χ0v) is 10.4. The van der Waals surface area contributed by atoms with Crippen LogP contribution < -0.4 is 4.74 Å². The van der Waals surface area contributed by atoms with E-state index >= 15 is 0 Å². The molecule has 0 aliphatic carbocycles. The molecule has 0 aliphatic rings. The van der Waals surface area contributed by atoms with Gasteiger partial charge in [-0.25, -0.2) is 0 Å². The van der Waals surface area contributed by atoms with Crippen molar-refractivity contribution in [2.75, 3.05) is 19.9 Å². The molecule has 0 bridgehead atoms. The molecule has 0 radical (unpaired) electrons. The molecule has 0 heterocycles. The van der Waals surface area contributed by atoms with E-state index in [4.69, 9.17) is 9.63 Å². The Kier molecular flexibility index (Phi) is 5.00. The van der Waals surface area contributed by atoms with Gasteiger partial charge in [0.2, 0.25) is 0 Å². The summed E-state index contributed by atoms with van der Waals surface area (Å²) in [6.07, 6.45) is 0.993. The van der Waals surface area contributed by atoms with E-state index in [9.17, 15) is 4.57 Å². The van der Waals surface area contributed by atoms with Crippen LogP contribution in [-0.4, -0.2) is 24.8 Å². The molecule has 1 rings (SSSR count). The minimum atomic E-state index is -3.38. The molecule has 0 spiro atoms. The Morgan fingerprint density at radius 3 is 2.38 bits per heavy atom. The normalized spacial score (nSPS) is 14.4. The summed E-state index contributed by atoms with van der Waals surface area (Å²) in [5.41, 5.74) is 1.25. The first-order valence-corrected chi connectivity index (χ1v) is 7.20. The van der Waals surface area contributed by atoms with Crippen molar-refractivity contribution in [2.45, 2.75) is 13.3 Å². The smallest absolute Gasteiger partial charge is 0.325 e. The molecule has 0 saturated carbocycles. The zero-order valence-electron chi connectivity index (χ0n) is 9.55. The molecule has 0 aliphatic heterocycles. The average molecular weight is 244 g/mol. The summed E-state index contributed by atoms with van der Waals surface area (Å²) in [6.45, 7) is 3.62. The first kappa shape index (κ1) is 13.2. The molecule has 1 unspecified atom stereocenters. The van der Waals surface area contributed by atoms with E-state index in [0.29, 0.717) is 0 Å². The minimum Gasteiger partial charge on any atom is -0.491 e. The molecular weight excluding hydrogens is 227 g/mol. The van der Waals surface area contributed by atoms with E-state index in [1.54, 1.807) is 0 Å². The first-order chi connectivity index (χ1) is 7.51. The number of hydrogen-bond donors (Lipinski definition) is 1. The molecule has 90 valence electrons. The van der Waals surface area contributed by atoms with Crippen LogP contribution in [0.3, 0.4) is 0 Å². The van der Waals surface area contributed by atoms with Crippen molar-refractivity contribution in [1.29, 1.82) is 0 Å². The molecule has 0 saturated heterocycles. The lowest BCUT2D eigenvalue weighted by atomic mass is 10.2. The van der Waals surface area contributed by atoms with Gasteiger partial charge in [0, 0.05) is 6.66 Å². The van der Waals surface area contributed by atoms with Crippen LogP contribution in [-0.2, 0) is 15.5 Å². The van der Waals surface area contributed by atoms with Gasteiger partial charge in [0.25, 0.3) is 0 Å². The van der Waals surface area contributed by atoms with Gasteiger partial charge in [-0.15, -0.1) is 0 Å². The number of aryl methyl sites for hydroxylation is 1. The van der Waals surface area contributed by atoms with E-state index in [-0.39, 0.29) is 13.2 Å². The van der Waals surface area contributed by atoms with E-state index in [0.717, 1.165) is 18.8 Å². The highest BCUT2D eigenvalue weighted by atomic mass is 31.2. The van der Waals surface area contributed by atoms with Gasteiger partial charge in [-0.2, -0.15) is 0 Å². The second kappa shape index (κ2) is 6.04. The van der Waals surface area contributed by atoms with E-state index in [2.05, 4.69) is 11.4 Å². The lowest BCUT2D eigenvalue weighted by molar-refractivity contribution is 0.198. The molecule has 5 heteroatoms. The maximum absolute atomic E-state index is 10.8. The Labute approximate surface area is 95.7 Å². The fourth-order valence-corrected chi connectivity index (χ4v) is 1.60. The van der Waals surface area contributed by atoms with Crippen molar-refractivity contribution >= 4 is 7.60 Å². The molecule has 4 nitrogen and oxygen atoms in total. The van der Waals surface area contributed by atoms with Crippen LogP contribution in [0.4, 0.5) is 0 Å². The third-order valence-electron chi connectivity index (χ3n) is 2.01. The van der Waals surface area contributed by atoms with Crippen molar-refractivity contribution < 1.29 is 18.7 Å². The topological polar surface area (TPSA) is 55.8 Å². The van der Waals surface area contributed by atoms with Crippen LogP contribution in [0.1, 0.15) is 12.5 Å². The van der Waals surface area contributed by atoms with Crippen LogP contribution in [0.2, 0.25) is 0 Å². The standard InChI is InChI=1S/C11H17O4P/c1-3-10-4-6-11(7-5-10)14-8-9-15-16(2,12)13/h4-7H,3,8-9H2,1-2H3,(H,12,13). The quantitative estimate of drug-likeness (QED) is 0.617. The molecular formula is C11H17O4P. The Balaban J connectivity index is 2.29. The third-order valence-corrected chi connectivity index (χ3v) is 2.68. The maximum atomic E-state index is 10.8. The summed E-state index contributed by atoms with van der Waals surface area (Å²) in [5.74, 6) is 0.740. The molecule has 0 fully saturated rings. The van der Waals surface area contributed by atoms with Crippen molar-refractivity contribution in [2.24, 2.45) is 0 Å². The van der Waals surface area contributed by atoms with Crippen molar-refractivity contribution in [1.82, 2.24) is 0 Å². The summed E-state index contributed by atoms with van der Waals surface area (Å²) in [6, 6.07) is 7.74. The highest BCUT2D eigenvalue weighted by molar-refractivity contribution is 7.51. The van der Waals surface area contributed by atoms with Crippen LogP contribution in [0.25, 0.3) is 0 Å². The van der Waals surface area contributed by atoms with Gasteiger partial charge in [-0.3, -0.25) is 4.57 Å². The SMILES string of the molecule is CCc1ccc(OCCOP(C)(=O)O)cc1. The van der Waals surface area contributed by atoms with Gasteiger partial charge >= 0.3 is 7.60 Å². The molecule has 0 amide bonds. The van der Waals surface area contributed by atoms with Gasteiger partial charge in [-0.05, 0) is 24.1 Å². The second-order valence-corrected chi connectivity index (χ2v) is 5.35. The highest BCUT2D eigenvalue weighted by Gasteiger charge is 2.08. The zero-order chi connectivity index (χ0) is 12.0. The summed E-state index contributed by atoms with van der Waals surface area (Å²) < 4.78 is 20.8. The van der Waals surface area contributed by atoms with Crippen LogP contribution in [0.15, 0.2) is 24.3 Å². The van der Waals surface area contributed by atoms with Crippen LogP contribution >= 0.6 is 7.60 Å². The third kappa shape index (κ3) is 5.31. The van der Waals surface area contributed by atoms with Crippen LogP contribution in [0.5, 0.6) is 5.75 Å². The van der Waals surface area contributed by atoms with Gasteiger partial charge in [-0.1, -0.05) is 19.1 Å². The van der Waals surface area contributed by atoms with E-state index < -0.39 is 7.60 Å². The number of hydrogen-bond acceptors (Lipinski definition) is 3. The molecule has 1 aromatic rings. The minimum absolute atomic E-state index is 0.111. The van der Waals surface area contributed by atoms with Gasteiger partial charge in [0.15, 0.2) is 0 Å². The summed E-state index contributed by atoms with van der Waals surface area (Å²) >= 11 is 0. The highest BCUT2D eigenvalue weighted by Crippen LogP contribution is 2.35. The number of ether oxygens (including phenoxy) is 1. The number of benzene rings is 1. The Morgan fingerprint density at radius 1 is 1.25 bits per heavy atom. The first-order valence-electron chi connectivity index (χ1n) is 5.18. The molecule has 0 aromatic heterocycles. The summed E-state index contributed by atoms with van der Waals surface area (Å²) in [5, 5.41) is 0. The largest absolute Gasteiger partial charge is 0.491 e. The average Bonchev–Trinajstić information content (AvgIpc) is 2.24. The predicted octanol–water partition coefficient (Wildman–Crippen LogP) is 2.46. The summed E-state index contributed by atoms with van der Waals surface area (Å²) in [7, 11) is -3.38. The van der Waals surface area contributed by atoms with E-state index in [1.807, 2.05) is 24.3 Å². The van der Waals surface area contributed by atoms with E-state index in [1.165, 1.54) is 5.56 Å². The van der Waals surface area contributed by atoms with Crippen molar-refractivity contribution in [3.05, 3.63) is 29.8 Å². The van der Waals surface area contributed by atoms with Crippen molar-refractivity contribution in [3.8, 4) is 5.75 Å². The molecule has 1 atom stereocenters. The van der Waals surface area contributed by atoms with Crippen LogP contribution in [0, 0.1) is 0 Å². The maximum Gasteiger partial charge on any atom is 0.325 e. The lowest BCUT2D eigenvalue weighted by Gasteiger charge is -2.08. The number of rotatable bonds is 6. The lowest BCUT2D eigenvalue weighted by Crippen LogP contribution is -2.05. The monoisotopic (exact) mass is 244 g/mol. The van der Waals surface area contributed by atoms with Gasteiger partial charge in [0.1, 0.15) is 12.4 Å².